The van der Waals surface area contributed by atoms with Gasteiger partial charge in [-0.05, 0) is 19.9 Å². The van der Waals surface area contributed by atoms with Gasteiger partial charge >= 0.3 is 0 Å². The van der Waals surface area contributed by atoms with Crippen molar-refractivity contribution < 1.29 is 4.74 Å². The molecular weight excluding hydrogens is 238 g/mol. The molecule has 1 N–H and O–H groups in total. The Bertz CT molecular complexity index is 594. The lowest BCUT2D eigenvalue weighted by molar-refractivity contribution is 0.457. The van der Waals surface area contributed by atoms with Gasteiger partial charge in [0, 0.05) is 12.6 Å². The van der Waals surface area contributed by atoms with Crippen LogP contribution in [-0.4, -0.2) is 17.0 Å². The summed E-state index contributed by atoms with van der Waals surface area (Å²) in [6.45, 7) is 3.91. The monoisotopic (exact) mass is 255 g/mol. The van der Waals surface area contributed by atoms with Gasteiger partial charge in [0.2, 0.25) is 5.88 Å². The van der Waals surface area contributed by atoms with E-state index in [0.29, 0.717) is 5.88 Å². The smallest absolute Gasteiger partial charge is 0.227 e. The van der Waals surface area contributed by atoms with Crippen LogP contribution in [0.2, 0.25) is 0 Å². The molecule has 0 unspecified atom stereocenters. The molecule has 19 heavy (non-hydrogen) atoms. The number of anilines is 1. The van der Waals surface area contributed by atoms with Gasteiger partial charge in [-0.1, -0.05) is 30.4 Å². The van der Waals surface area contributed by atoms with Gasteiger partial charge < -0.3 is 10.1 Å². The van der Waals surface area contributed by atoms with Crippen molar-refractivity contribution in [2.45, 2.75) is 13.8 Å². The van der Waals surface area contributed by atoms with Gasteiger partial charge in [-0.25, -0.2) is 9.97 Å². The van der Waals surface area contributed by atoms with Gasteiger partial charge in [0.15, 0.2) is 0 Å². The largest absolute Gasteiger partial charge is 0.438 e. The molecule has 0 radical (unpaired) electrons. The molecule has 2 rings (SSSR count). The molecule has 1 heterocycles. The van der Waals surface area contributed by atoms with E-state index in [4.69, 9.17) is 4.74 Å². The highest BCUT2D eigenvalue weighted by Gasteiger charge is 2.09. The first-order chi connectivity index (χ1) is 9.26. The fourth-order valence-corrected chi connectivity index (χ4v) is 1.78. The quantitative estimate of drug-likeness (QED) is 0.905. The molecule has 98 valence electrons. The van der Waals surface area contributed by atoms with Crippen LogP contribution in [-0.2, 0) is 0 Å². The normalized spacial score (nSPS) is 10.7. The number of nitrogens with one attached hydrogen (secondary N) is 1. The molecule has 0 spiro atoms. The van der Waals surface area contributed by atoms with Crippen molar-refractivity contribution in [2.75, 3.05) is 12.4 Å². The number of benzene rings is 1. The van der Waals surface area contributed by atoms with Crippen molar-refractivity contribution in [1.82, 2.24) is 9.97 Å². The molecule has 0 saturated carbocycles. The van der Waals surface area contributed by atoms with Crippen LogP contribution in [0.15, 0.2) is 36.7 Å². The summed E-state index contributed by atoms with van der Waals surface area (Å²) in [6.07, 6.45) is 5.48. The zero-order valence-corrected chi connectivity index (χ0v) is 11.3. The molecular formula is C15H17N3O. The lowest BCUT2D eigenvalue weighted by Crippen LogP contribution is -2.00. The van der Waals surface area contributed by atoms with Crippen molar-refractivity contribution in [1.29, 1.82) is 0 Å². The van der Waals surface area contributed by atoms with E-state index in [1.54, 1.807) is 0 Å². The van der Waals surface area contributed by atoms with Crippen LogP contribution < -0.4 is 10.1 Å². The van der Waals surface area contributed by atoms with Crippen LogP contribution in [0, 0.1) is 6.92 Å². The van der Waals surface area contributed by atoms with Gasteiger partial charge in [0.25, 0.3) is 0 Å². The molecule has 4 nitrogen and oxygen atoms in total. The first kappa shape index (κ1) is 13.1. The van der Waals surface area contributed by atoms with Crippen LogP contribution in [0.25, 0.3) is 6.08 Å². The lowest BCUT2D eigenvalue weighted by atomic mass is 10.2. The Balaban J connectivity index is 2.36. The predicted molar refractivity (Wildman–Crippen MR) is 77.5 cm³/mol. The van der Waals surface area contributed by atoms with Gasteiger partial charge in [-0.15, -0.1) is 0 Å². The van der Waals surface area contributed by atoms with Gasteiger partial charge in [-0.2, -0.15) is 0 Å². The average molecular weight is 255 g/mol. The minimum Gasteiger partial charge on any atom is -0.438 e. The van der Waals surface area contributed by atoms with Crippen molar-refractivity contribution in [3.63, 3.8) is 0 Å². The van der Waals surface area contributed by atoms with Crippen LogP contribution in [0.3, 0.4) is 0 Å². The van der Waals surface area contributed by atoms with Crippen LogP contribution >= 0.6 is 0 Å². The molecule has 0 atom stereocenters. The highest BCUT2D eigenvalue weighted by Crippen LogP contribution is 2.28. The number of para-hydroxylation sites is 1. The van der Waals surface area contributed by atoms with E-state index >= 15 is 0 Å². The van der Waals surface area contributed by atoms with Crippen LogP contribution in [0.5, 0.6) is 11.6 Å². The second-order valence-corrected chi connectivity index (χ2v) is 4.04. The maximum absolute atomic E-state index is 5.89. The second kappa shape index (κ2) is 6.00. The summed E-state index contributed by atoms with van der Waals surface area (Å²) < 4.78 is 5.89. The van der Waals surface area contributed by atoms with E-state index in [0.717, 1.165) is 22.7 Å². The van der Waals surface area contributed by atoms with E-state index in [2.05, 4.69) is 15.3 Å². The van der Waals surface area contributed by atoms with Crippen molar-refractivity contribution >= 4 is 11.9 Å². The minimum absolute atomic E-state index is 0.566. The molecule has 0 amide bonds. The fraction of sp³-hybridized carbons (Fsp3) is 0.200. The Labute approximate surface area is 113 Å². The summed E-state index contributed by atoms with van der Waals surface area (Å²) in [5.41, 5.74) is 1.91. The number of rotatable bonds is 4. The zero-order chi connectivity index (χ0) is 13.7. The topological polar surface area (TPSA) is 47.0 Å². The molecule has 0 fully saturated rings. The molecule has 1 aromatic heterocycles. The maximum Gasteiger partial charge on any atom is 0.227 e. The Morgan fingerprint density at radius 1 is 1.21 bits per heavy atom. The Morgan fingerprint density at radius 3 is 2.74 bits per heavy atom. The summed E-state index contributed by atoms with van der Waals surface area (Å²) in [4.78, 5) is 8.33. The summed E-state index contributed by atoms with van der Waals surface area (Å²) in [5, 5.41) is 3.02. The van der Waals surface area contributed by atoms with E-state index in [9.17, 15) is 0 Å². The molecule has 1 aromatic carbocycles. The minimum atomic E-state index is 0.566. The molecule has 0 bridgehead atoms. The second-order valence-electron chi connectivity index (χ2n) is 4.04. The van der Waals surface area contributed by atoms with Crippen LogP contribution in [0.4, 0.5) is 5.82 Å². The Morgan fingerprint density at radius 2 is 2.00 bits per heavy atom. The molecule has 0 aliphatic carbocycles. The number of allylic oxidation sites excluding steroid dienone is 1. The Kier molecular flexibility index (Phi) is 4.13. The average Bonchev–Trinajstić information content (AvgIpc) is 2.43. The number of aromatic nitrogens is 2. The van der Waals surface area contributed by atoms with E-state index in [1.165, 1.54) is 6.33 Å². The fourth-order valence-electron chi connectivity index (χ4n) is 1.78. The highest BCUT2D eigenvalue weighted by molar-refractivity contribution is 5.58. The number of ether oxygens (including phenoxy) is 1. The Hall–Kier alpha value is -2.36. The number of hydrogen-bond donors (Lipinski definition) is 1. The summed E-state index contributed by atoms with van der Waals surface area (Å²) in [6, 6.07) is 7.85. The third kappa shape index (κ3) is 2.91. The summed E-state index contributed by atoms with van der Waals surface area (Å²) >= 11 is 0. The standard InChI is InChI=1S/C15H17N3O/c1-4-7-12-8-5-6-9-13(12)19-15-11(2)14(16-3)17-10-18-15/h4-10H,1-3H3,(H,16,17,18)/b7-4+. The summed E-state index contributed by atoms with van der Waals surface area (Å²) in [7, 11) is 1.83. The number of nitrogens with zero attached hydrogens (tertiary/aromatic N) is 2. The first-order valence-corrected chi connectivity index (χ1v) is 6.15. The number of hydrogen-bond acceptors (Lipinski definition) is 4. The molecule has 0 saturated heterocycles. The third-order valence-electron chi connectivity index (χ3n) is 2.75. The molecule has 2 aromatic rings. The first-order valence-electron chi connectivity index (χ1n) is 6.15. The van der Waals surface area contributed by atoms with Crippen molar-refractivity contribution in [3.05, 3.63) is 47.8 Å². The van der Waals surface area contributed by atoms with E-state index < -0.39 is 0 Å². The lowest BCUT2D eigenvalue weighted by Gasteiger charge is -2.11. The van der Waals surface area contributed by atoms with Crippen molar-refractivity contribution in [3.8, 4) is 11.6 Å². The van der Waals surface area contributed by atoms with Crippen molar-refractivity contribution in [2.24, 2.45) is 0 Å². The predicted octanol–water partition coefficient (Wildman–Crippen LogP) is 3.65. The van der Waals surface area contributed by atoms with E-state index in [-0.39, 0.29) is 0 Å². The van der Waals surface area contributed by atoms with Gasteiger partial charge in [0.1, 0.15) is 17.9 Å². The van der Waals surface area contributed by atoms with Gasteiger partial charge in [0.05, 0.1) is 5.56 Å². The molecule has 0 aliphatic rings. The SMILES string of the molecule is C/C=C/c1ccccc1Oc1ncnc(NC)c1C. The van der Waals surface area contributed by atoms with Crippen LogP contribution in [0.1, 0.15) is 18.1 Å². The van der Waals surface area contributed by atoms with Gasteiger partial charge in [-0.3, -0.25) is 0 Å². The zero-order valence-electron chi connectivity index (χ0n) is 11.3. The highest BCUT2D eigenvalue weighted by atomic mass is 16.5. The maximum atomic E-state index is 5.89. The molecule has 4 heteroatoms. The molecule has 0 aliphatic heterocycles. The summed E-state index contributed by atoms with van der Waals surface area (Å²) in [5.74, 6) is 2.12. The third-order valence-corrected chi connectivity index (χ3v) is 2.75. The van der Waals surface area contributed by atoms with E-state index in [1.807, 2.05) is 57.3 Å².